The maximum Gasteiger partial charge on any atom is 0.237 e. The van der Waals surface area contributed by atoms with Gasteiger partial charge in [0.1, 0.15) is 0 Å². The van der Waals surface area contributed by atoms with Crippen LogP contribution in [0.3, 0.4) is 0 Å². The first-order chi connectivity index (χ1) is 7.78. The van der Waals surface area contributed by atoms with E-state index in [9.17, 15) is 0 Å². The molecule has 0 amide bonds. The molecule has 1 aliphatic rings. The molecular weight excluding hydrogens is 206 g/mol. The number of aromatic nitrogens is 2. The summed E-state index contributed by atoms with van der Waals surface area (Å²) in [5, 5.41) is 2.13. The molecule has 0 bridgehead atoms. The Morgan fingerprint density at radius 1 is 1.19 bits per heavy atom. The van der Waals surface area contributed by atoms with Crippen LogP contribution in [-0.4, -0.2) is 60.2 Å². The van der Waals surface area contributed by atoms with Gasteiger partial charge >= 0.3 is 0 Å². The van der Waals surface area contributed by atoms with E-state index in [1.165, 1.54) is 0 Å². The second-order valence-electron chi connectivity index (χ2n) is 3.85. The van der Waals surface area contributed by atoms with Gasteiger partial charge in [0.05, 0.1) is 19.5 Å². The van der Waals surface area contributed by atoms with Crippen LogP contribution in [0.5, 0.6) is 5.75 Å². The minimum Gasteiger partial charge on any atom is -0.494 e. The summed E-state index contributed by atoms with van der Waals surface area (Å²) in [7, 11) is 3.73. The molecule has 1 aromatic rings. The lowest BCUT2D eigenvalue weighted by atomic mass is 10.4. The predicted molar refractivity (Wildman–Crippen MR) is 61.3 cm³/mol. The minimum atomic E-state index is 0.616. The topological polar surface area (TPSA) is 53.5 Å². The molecule has 0 aliphatic carbocycles. The first-order valence-corrected chi connectivity index (χ1v) is 5.34. The molecule has 6 heteroatoms. The van der Waals surface area contributed by atoms with Crippen LogP contribution >= 0.6 is 0 Å². The third kappa shape index (κ3) is 2.80. The molecule has 1 aliphatic heterocycles. The summed E-state index contributed by atoms with van der Waals surface area (Å²) >= 11 is 0. The number of ether oxygens (including phenoxy) is 1. The maximum atomic E-state index is 5.00. The van der Waals surface area contributed by atoms with Crippen LogP contribution in [0, 0.1) is 0 Å². The normalized spacial score (nSPS) is 18.4. The molecule has 0 unspecified atom stereocenters. The van der Waals surface area contributed by atoms with E-state index in [2.05, 4.69) is 32.4 Å². The number of likely N-dealkylation sites (N-methyl/N-ethyl adjacent to an activating group) is 1. The molecular formula is C10H17N5O. The van der Waals surface area contributed by atoms with Crippen LogP contribution in [0.2, 0.25) is 0 Å². The Labute approximate surface area is 95.2 Å². The highest BCUT2D eigenvalue weighted by molar-refractivity contribution is 5.25. The zero-order valence-electron chi connectivity index (χ0n) is 9.68. The lowest BCUT2D eigenvalue weighted by Gasteiger charge is -2.32. The van der Waals surface area contributed by atoms with Gasteiger partial charge in [0.15, 0.2) is 5.75 Å². The van der Waals surface area contributed by atoms with E-state index in [0.717, 1.165) is 26.2 Å². The molecule has 1 aromatic heterocycles. The van der Waals surface area contributed by atoms with Crippen LogP contribution in [0.15, 0.2) is 12.4 Å². The third-order valence-electron chi connectivity index (χ3n) is 2.63. The van der Waals surface area contributed by atoms with Crippen LogP contribution < -0.4 is 10.2 Å². The van der Waals surface area contributed by atoms with Crippen LogP contribution in [0.25, 0.3) is 0 Å². The molecule has 1 saturated heterocycles. The van der Waals surface area contributed by atoms with Gasteiger partial charge in [-0.1, -0.05) is 0 Å². The average molecular weight is 223 g/mol. The van der Waals surface area contributed by atoms with Gasteiger partial charge in [0.25, 0.3) is 0 Å². The molecule has 1 fully saturated rings. The van der Waals surface area contributed by atoms with Gasteiger partial charge in [0.2, 0.25) is 5.95 Å². The van der Waals surface area contributed by atoms with Gasteiger partial charge in [-0.15, -0.1) is 0 Å². The molecule has 2 rings (SSSR count). The summed E-state index contributed by atoms with van der Waals surface area (Å²) in [6.07, 6.45) is 3.32. The van der Waals surface area contributed by atoms with E-state index in [0.29, 0.717) is 11.7 Å². The van der Waals surface area contributed by atoms with Crippen molar-refractivity contribution < 1.29 is 4.74 Å². The zero-order chi connectivity index (χ0) is 11.4. The molecule has 0 spiro atoms. The Bertz CT molecular complexity index is 320. The van der Waals surface area contributed by atoms with E-state index in [-0.39, 0.29) is 0 Å². The number of nitrogens with zero attached hydrogens (tertiary/aromatic N) is 4. The average Bonchev–Trinajstić information content (AvgIpc) is 2.33. The Kier molecular flexibility index (Phi) is 3.53. The SMILES string of the molecule is COc1cnc(NN2CCN(C)CC2)nc1. The van der Waals surface area contributed by atoms with Crippen molar-refractivity contribution in [3.8, 4) is 5.75 Å². The van der Waals surface area contributed by atoms with E-state index in [1.54, 1.807) is 19.5 Å². The largest absolute Gasteiger partial charge is 0.494 e. The van der Waals surface area contributed by atoms with Crippen LogP contribution in [-0.2, 0) is 0 Å². The Balaban J connectivity index is 1.88. The molecule has 1 N–H and O–H groups in total. The van der Waals surface area contributed by atoms with Crippen molar-refractivity contribution in [2.24, 2.45) is 0 Å². The summed E-state index contributed by atoms with van der Waals surface area (Å²) in [5.74, 6) is 1.29. The molecule has 0 saturated carbocycles. The Morgan fingerprint density at radius 2 is 1.81 bits per heavy atom. The van der Waals surface area contributed by atoms with Gasteiger partial charge < -0.3 is 9.64 Å². The van der Waals surface area contributed by atoms with Crippen LogP contribution in [0.4, 0.5) is 5.95 Å². The summed E-state index contributed by atoms with van der Waals surface area (Å²) in [4.78, 5) is 10.6. The van der Waals surface area contributed by atoms with E-state index in [1.807, 2.05) is 0 Å². The van der Waals surface area contributed by atoms with Crippen molar-refractivity contribution in [1.82, 2.24) is 19.9 Å². The van der Waals surface area contributed by atoms with Crippen molar-refractivity contribution in [2.45, 2.75) is 0 Å². The number of hydrogen-bond acceptors (Lipinski definition) is 6. The van der Waals surface area contributed by atoms with E-state index < -0.39 is 0 Å². The molecule has 2 heterocycles. The summed E-state index contributed by atoms with van der Waals surface area (Å²) in [5.41, 5.74) is 3.18. The smallest absolute Gasteiger partial charge is 0.237 e. The highest BCUT2D eigenvalue weighted by Gasteiger charge is 2.13. The summed E-state index contributed by atoms with van der Waals surface area (Å²) < 4.78 is 5.00. The number of hydrogen-bond donors (Lipinski definition) is 1. The van der Waals surface area contributed by atoms with Crippen molar-refractivity contribution in [2.75, 3.05) is 45.8 Å². The summed E-state index contributed by atoms with van der Waals surface area (Å²) in [6, 6.07) is 0. The minimum absolute atomic E-state index is 0.616. The number of hydrazine groups is 1. The van der Waals surface area contributed by atoms with Gasteiger partial charge in [-0.25, -0.2) is 15.0 Å². The molecule has 88 valence electrons. The second-order valence-corrected chi connectivity index (χ2v) is 3.85. The predicted octanol–water partition coefficient (Wildman–Crippen LogP) is 0.0595. The number of methoxy groups -OCH3 is 1. The number of anilines is 1. The maximum absolute atomic E-state index is 5.00. The number of rotatable bonds is 3. The van der Waals surface area contributed by atoms with Gasteiger partial charge in [-0.05, 0) is 7.05 Å². The number of piperazine rings is 1. The molecule has 0 radical (unpaired) electrons. The fraction of sp³-hybridized carbons (Fsp3) is 0.600. The van der Waals surface area contributed by atoms with Crippen LogP contribution in [0.1, 0.15) is 0 Å². The highest BCUT2D eigenvalue weighted by Crippen LogP contribution is 2.08. The number of nitrogens with one attached hydrogen (secondary N) is 1. The van der Waals surface area contributed by atoms with Crippen molar-refractivity contribution in [3.63, 3.8) is 0 Å². The van der Waals surface area contributed by atoms with Crippen molar-refractivity contribution >= 4 is 5.95 Å². The quantitative estimate of drug-likeness (QED) is 0.782. The van der Waals surface area contributed by atoms with E-state index >= 15 is 0 Å². The van der Waals surface area contributed by atoms with E-state index in [4.69, 9.17) is 4.74 Å². The van der Waals surface area contributed by atoms with Gasteiger partial charge in [-0.2, -0.15) is 0 Å². The fourth-order valence-corrected chi connectivity index (χ4v) is 1.54. The first kappa shape index (κ1) is 11.1. The van der Waals surface area contributed by atoms with Crippen molar-refractivity contribution in [3.05, 3.63) is 12.4 Å². The zero-order valence-corrected chi connectivity index (χ0v) is 9.68. The second kappa shape index (κ2) is 5.09. The third-order valence-corrected chi connectivity index (χ3v) is 2.63. The lowest BCUT2D eigenvalue weighted by molar-refractivity contribution is 0.178. The molecule has 16 heavy (non-hydrogen) atoms. The Hall–Kier alpha value is -1.40. The fourth-order valence-electron chi connectivity index (χ4n) is 1.54. The monoisotopic (exact) mass is 223 g/mol. The standard InChI is InChI=1S/C10H17N5O/c1-14-3-5-15(6-4-14)13-10-11-7-9(16-2)8-12-10/h7-8H,3-6H2,1-2H3,(H,11,12,13). The molecule has 0 aromatic carbocycles. The highest BCUT2D eigenvalue weighted by atomic mass is 16.5. The summed E-state index contributed by atoms with van der Waals surface area (Å²) in [6.45, 7) is 4.07. The van der Waals surface area contributed by atoms with Gasteiger partial charge in [0, 0.05) is 26.2 Å². The van der Waals surface area contributed by atoms with Crippen molar-refractivity contribution in [1.29, 1.82) is 0 Å². The van der Waals surface area contributed by atoms with Gasteiger partial charge in [-0.3, -0.25) is 5.43 Å². The molecule has 6 nitrogen and oxygen atoms in total. The lowest BCUT2D eigenvalue weighted by Crippen LogP contribution is -2.47. The Morgan fingerprint density at radius 3 is 2.38 bits per heavy atom. The first-order valence-electron chi connectivity index (χ1n) is 5.34. The molecule has 0 atom stereocenters.